The van der Waals surface area contributed by atoms with Gasteiger partial charge in [0.05, 0.1) is 0 Å². The number of aryl methyl sites for hydroxylation is 1. The summed E-state index contributed by atoms with van der Waals surface area (Å²) in [6, 6.07) is 3.02. The van der Waals surface area contributed by atoms with Gasteiger partial charge in [-0.05, 0) is 62.3 Å². The van der Waals surface area contributed by atoms with Crippen molar-refractivity contribution in [3.8, 4) is 0 Å². The van der Waals surface area contributed by atoms with Gasteiger partial charge in [-0.25, -0.2) is 8.78 Å². The van der Waals surface area contributed by atoms with Crippen molar-refractivity contribution in [2.75, 3.05) is 6.54 Å². The van der Waals surface area contributed by atoms with E-state index in [1.165, 1.54) is 18.9 Å². The van der Waals surface area contributed by atoms with E-state index in [4.69, 9.17) is 11.6 Å². The second kappa shape index (κ2) is 6.67. The molecule has 1 nitrogen and oxygen atoms in total. The number of hydrogen-bond donors (Lipinski definition) is 1. The molecule has 0 bridgehead atoms. The van der Waals surface area contributed by atoms with Gasteiger partial charge in [0.25, 0.3) is 0 Å². The molecule has 0 radical (unpaired) electrons. The quantitative estimate of drug-likeness (QED) is 0.736. The van der Waals surface area contributed by atoms with Crippen LogP contribution in [0.25, 0.3) is 0 Å². The second-order valence-electron chi connectivity index (χ2n) is 5.52. The highest BCUT2D eigenvalue weighted by Gasteiger charge is 2.20. The van der Waals surface area contributed by atoms with Gasteiger partial charge in [-0.15, -0.1) is 0 Å². The molecule has 1 aliphatic carbocycles. The van der Waals surface area contributed by atoms with Crippen molar-refractivity contribution in [1.82, 2.24) is 5.32 Å². The number of nitrogens with one attached hydrogen (secondary N) is 1. The molecule has 4 heteroatoms. The van der Waals surface area contributed by atoms with E-state index in [0.717, 1.165) is 31.5 Å². The van der Waals surface area contributed by atoms with E-state index < -0.39 is 11.6 Å². The van der Waals surface area contributed by atoms with Gasteiger partial charge in [-0.1, -0.05) is 18.5 Å². The van der Waals surface area contributed by atoms with Crippen LogP contribution in [0.3, 0.4) is 0 Å². The van der Waals surface area contributed by atoms with Crippen molar-refractivity contribution < 1.29 is 8.78 Å². The first-order chi connectivity index (χ1) is 9.06. The van der Waals surface area contributed by atoms with Crippen molar-refractivity contribution >= 4 is 11.6 Å². The van der Waals surface area contributed by atoms with Crippen LogP contribution in [0.2, 0.25) is 5.02 Å². The van der Waals surface area contributed by atoms with Crippen molar-refractivity contribution in [2.24, 2.45) is 5.92 Å². The summed E-state index contributed by atoms with van der Waals surface area (Å²) in [7, 11) is 0. The average Bonchev–Trinajstić information content (AvgIpc) is 3.16. The van der Waals surface area contributed by atoms with E-state index in [1.807, 2.05) is 0 Å². The van der Waals surface area contributed by atoms with E-state index in [0.29, 0.717) is 22.9 Å². The largest absolute Gasteiger partial charge is 0.314 e. The molecule has 1 unspecified atom stereocenters. The molecule has 0 spiro atoms. The van der Waals surface area contributed by atoms with Crippen molar-refractivity contribution in [1.29, 1.82) is 0 Å². The predicted octanol–water partition coefficient (Wildman–Crippen LogP) is 4.33. The Morgan fingerprint density at radius 3 is 2.63 bits per heavy atom. The van der Waals surface area contributed by atoms with Gasteiger partial charge in [0, 0.05) is 11.1 Å². The lowest BCUT2D eigenvalue weighted by atomic mass is 9.98. The van der Waals surface area contributed by atoms with Crippen LogP contribution >= 0.6 is 11.6 Å². The number of halogens is 3. The van der Waals surface area contributed by atoms with Gasteiger partial charge >= 0.3 is 0 Å². The van der Waals surface area contributed by atoms with Gasteiger partial charge in [0.1, 0.15) is 0 Å². The first-order valence-corrected chi connectivity index (χ1v) is 7.31. The zero-order valence-electron chi connectivity index (χ0n) is 11.2. The van der Waals surface area contributed by atoms with E-state index in [1.54, 1.807) is 0 Å². The maximum atomic E-state index is 13.1. The highest BCUT2D eigenvalue weighted by atomic mass is 35.5. The lowest BCUT2D eigenvalue weighted by molar-refractivity contribution is 0.467. The highest BCUT2D eigenvalue weighted by molar-refractivity contribution is 6.31. The van der Waals surface area contributed by atoms with E-state index in [-0.39, 0.29) is 0 Å². The summed E-state index contributed by atoms with van der Waals surface area (Å²) in [6.07, 6.45) is 5.35. The van der Waals surface area contributed by atoms with Crippen LogP contribution in [-0.4, -0.2) is 12.6 Å². The topological polar surface area (TPSA) is 12.0 Å². The molecule has 106 valence electrons. The van der Waals surface area contributed by atoms with E-state index >= 15 is 0 Å². The van der Waals surface area contributed by atoms with Crippen LogP contribution in [0.15, 0.2) is 12.1 Å². The SMILES string of the molecule is CC(CCNC1CC1)CCc1cc(F)c(F)cc1Cl. The lowest BCUT2D eigenvalue weighted by Gasteiger charge is -2.12. The van der Waals surface area contributed by atoms with Crippen LogP contribution in [0, 0.1) is 17.6 Å². The van der Waals surface area contributed by atoms with Crippen molar-refractivity contribution in [3.63, 3.8) is 0 Å². The molecule has 0 aromatic heterocycles. The summed E-state index contributed by atoms with van der Waals surface area (Å²) in [4.78, 5) is 0. The highest BCUT2D eigenvalue weighted by Crippen LogP contribution is 2.23. The Bertz CT molecular complexity index is 432. The summed E-state index contributed by atoms with van der Waals surface area (Å²) in [5.74, 6) is -1.15. The second-order valence-corrected chi connectivity index (χ2v) is 5.93. The molecule has 19 heavy (non-hydrogen) atoms. The molecular formula is C15H20ClF2N. The van der Waals surface area contributed by atoms with Crippen LogP contribution in [-0.2, 0) is 6.42 Å². The summed E-state index contributed by atoms with van der Waals surface area (Å²) in [5.41, 5.74) is 0.697. The van der Waals surface area contributed by atoms with Gasteiger partial charge in [-0.3, -0.25) is 0 Å². The molecule has 1 aromatic rings. The third-order valence-corrected chi connectivity index (χ3v) is 4.00. The molecule has 1 atom stereocenters. The Balaban J connectivity index is 1.75. The van der Waals surface area contributed by atoms with Gasteiger partial charge in [0.15, 0.2) is 11.6 Å². The summed E-state index contributed by atoms with van der Waals surface area (Å²) in [5, 5.41) is 3.80. The molecule has 1 N–H and O–H groups in total. The minimum Gasteiger partial charge on any atom is -0.314 e. The molecule has 0 saturated heterocycles. The minimum absolute atomic E-state index is 0.321. The Hall–Kier alpha value is -0.670. The van der Waals surface area contributed by atoms with Crippen molar-refractivity contribution in [2.45, 2.75) is 45.1 Å². The molecule has 0 heterocycles. The fraction of sp³-hybridized carbons (Fsp3) is 0.600. The maximum Gasteiger partial charge on any atom is 0.160 e. The summed E-state index contributed by atoms with van der Waals surface area (Å²) < 4.78 is 26.1. The van der Waals surface area contributed by atoms with Crippen LogP contribution in [0.1, 0.15) is 38.2 Å². The van der Waals surface area contributed by atoms with Crippen molar-refractivity contribution in [3.05, 3.63) is 34.4 Å². The van der Waals surface area contributed by atoms with Gasteiger partial charge in [0.2, 0.25) is 0 Å². The smallest absolute Gasteiger partial charge is 0.160 e. The van der Waals surface area contributed by atoms with Crippen LogP contribution in [0.5, 0.6) is 0 Å². The fourth-order valence-corrected chi connectivity index (χ4v) is 2.37. The van der Waals surface area contributed by atoms with E-state index in [2.05, 4.69) is 12.2 Å². The standard InChI is InChI=1S/C15H20ClF2N/c1-10(6-7-19-12-4-5-12)2-3-11-8-14(17)15(18)9-13(11)16/h8-10,12,19H,2-7H2,1H3. The Kier molecular flexibility index (Phi) is 5.17. The lowest BCUT2D eigenvalue weighted by Crippen LogP contribution is -2.19. The number of hydrogen-bond acceptors (Lipinski definition) is 1. The monoisotopic (exact) mass is 287 g/mol. The normalized spacial score (nSPS) is 16.6. The van der Waals surface area contributed by atoms with Crippen LogP contribution < -0.4 is 5.32 Å². The Morgan fingerprint density at radius 2 is 1.95 bits per heavy atom. The molecule has 0 aliphatic heterocycles. The first-order valence-electron chi connectivity index (χ1n) is 6.93. The average molecular weight is 288 g/mol. The third-order valence-electron chi connectivity index (χ3n) is 3.64. The summed E-state index contributed by atoms with van der Waals surface area (Å²) >= 11 is 5.92. The zero-order chi connectivity index (χ0) is 13.8. The zero-order valence-corrected chi connectivity index (χ0v) is 11.9. The Labute approximate surface area is 118 Å². The minimum atomic E-state index is -0.879. The molecule has 1 aliphatic rings. The van der Waals surface area contributed by atoms with Gasteiger partial charge < -0.3 is 5.32 Å². The molecular weight excluding hydrogens is 268 g/mol. The van der Waals surface area contributed by atoms with Crippen LogP contribution in [0.4, 0.5) is 8.78 Å². The molecule has 1 aromatic carbocycles. The first kappa shape index (κ1) is 14.7. The van der Waals surface area contributed by atoms with E-state index in [9.17, 15) is 8.78 Å². The molecule has 2 rings (SSSR count). The number of rotatable bonds is 7. The number of benzene rings is 1. The maximum absolute atomic E-state index is 13.1. The van der Waals surface area contributed by atoms with Gasteiger partial charge in [-0.2, -0.15) is 0 Å². The Morgan fingerprint density at radius 1 is 1.26 bits per heavy atom. The summed E-state index contributed by atoms with van der Waals surface area (Å²) in [6.45, 7) is 3.22. The molecule has 0 amide bonds. The predicted molar refractivity (Wildman–Crippen MR) is 74.5 cm³/mol. The molecule has 1 fully saturated rings. The molecule has 1 saturated carbocycles. The third kappa shape index (κ3) is 4.73. The fourth-order valence-electron chi connectivity index (χ4n) is 2.12.